The van der Waals surface area contributed by atoms with Gasteiger partial charge in [0.05, 0.1) is 5.56 Å². The summed E-state index contributed by atoms with van der Waals surface area (Å²) in [5, 5.41) is 2.96. The molecule has 1 spiro atoms. The Morgan fingerprint density at radius 2 is 1.96 bits per heavy atom. The molecule has 6 nitrogen and oxygen atoms in total. The number of carbonyl (C=O) groups excluding carboxylic acids is 2. The van der Waals surface area contributed by atoms with Crippen molar-refractivity contribution in [3.05, 3.63) is 47.7 Å². The molecule has 0 bridgehead atoms. The molecule has 0 radical (unpaired) electrons. The van der Waals surface area contributed by atoms with Gasteiger partial charge in [-0.15, -0.1) is 0 Å². The van der Waals surface area contributed by atoms with Crippen molar-refractivity contribution in [2.75, 3.05) is 33.2 Å². The number of nitrogens with zero attached hydrogens (tertiary/aromatic N) is 2. The third-order valence-corrected chi connectivity index (χ3v) is 6.14. The largest absolute Gasteiger partial charge is 0.461 e. The summed E-state index contributed by atoms with van der Waals surface area (Å²) in [7, 11) is 2.11. The number of nitrogens with one attached hydrogen (secondary N) is 1. The molecule has 2 saturated heterocycles. The molecule has 1 N–H and O–H groups in total. The molecule has 4 rings (SSSR count). The van der Waals surface area contributed by atoms with Gasteiger partial charge in [0, 0.05) is 43.7 Å². The molecule has 28 heavy (non-hydrogen) atoms. The lowest BCUT2D eigenvalue weighted by Gasteiger charge is -2.49. The average Bonchev–Trinajstić information content (AvgIpc) is 3.00. The number of hydrogen-bond donors (Lipinski definition) is 1. The number of aryl methyl sites for hydroxylation is 1. The van der Waals surface area contributed by atoms with Crippen molar-refractivity contribution in [3.8, 4) is 11.3 Å². The normalized spacial score (nSPS) is 23.5. The summed E-state index contributed by atoms with van der Waals surface area (Å²) < 4.78 is 5.89. The third kappa shape index (κ3) is 3.44. The van der Waals surface area contributed by atoms with E-state index in [1.54, 1.807) is 0 Å². The Labute approximate surface area is 165 Å². The van der Waals surface area contributed by atoms with Crippen LogP contribution in [0.2, 0.25) is 0 Å². The fraction of sp³-hybridized carbons (Fsp3) is 0.455. The highest BCUT2D eigenvalue weighted by molar-refractivity contribution is 6.00. The van der Waals surface area contributed by atoms with Crippen LogP contribution in [0.1, 0.15) is 35.4 Å². The van der Waals surface area contributed by atoms with Crippen LogP contribution in [0.25, 0.3) is 11.3 Å². The molecule has 0 unspecified atom stereocenters. The highest BCUT2D eigenvalue weighted by Gasteiger charge is 2.42. The van der Waals surface area contributed by atoms with Gasteiger partial charge in [-0.3, -0.25) is 14.5 Å². The average molecular weight is 381 g/mol. The number of hydrogen-bond acceptors (Lipinski definition) is 4. The van der Waals surface area contributed by atoms with Crippen molar-refractivity contribution in [1.82, 2.24) is 15.1 Å². The van der Waals surface area contributed by atoms with Gasteiger partial charge in [0.25, 0.3) is 5.91 Å². The van der Waals surface area contributed by atoms with E-state index in [1.807, 2.05) is 48.2 Å². The van der Waals surface area contributed by atoms with Crippen LogP contribution in [0.4, 0.5) is 0 Å². The van der Waals surface area contributed by atoms with Crippen molar-refractivity contribution >= 4 is 11.8 Å². The van der Waals surface area contributed by atoms with Gasteiger partial charge in [-0.25, -0.2) is 0 Å². The van der Waals surface area contributed by atoms with Crippen molar-refractivity contribution in [2.45, 2.75) is 31.7 Å². The number of amides is 2. The highest BCUT2D eigenvalue weighted by Crippen LogP contribution is 2.33. The molecule has 2 aliphatic heterocycles. The lowest BCUT2D eigenvalue weighted by Crippen LogP contribution is -2.62. The minimum Gasteiger partial charge on any atom is -0.461 e. The van der Waals surface area contributed by atoms with Crippen molar-refractivity contribution in [2.24, 2.45) is 0 Å². The molecule has 3 heterocycles. The van der Waals surface area contributed by atoms with E-state index < -0.39 is 0 Å². The van der Waals surface area contributed by atoms with E-state index in [2.05, 4.69) is 17.3 Å². The molecule has 2 amide bonds. The van der Waals surface area contributed by atoms with E-state index in [0.29, 0.717) is 37.4 Å². The number of benzene rings is 1. The molecule has 2 aromatic rings. The van der Waals surface area contributed by atoms with E-state index in [-0.39, 0.29) is 17.4 Å². The molecular formula is C22H27N3O3. The fourth-order valence-corrected chi connectivity index (χ4v) is 4.42. The molecular weight excluding hydrogens is 354 g/mol. The van der Waals surface area contributed by atoms with E-state index in [4.69, 9.17) is 4.42 Å². The first-order chi connectivity index (χ1) is 13.5. The lowest BCUT2D eigenvalue weighted by atomic mass is 9.86. The summed E-state index contributed by atoms with van der Waals surface area (Å²) in [4.78, 5) is 29.6. The van der Waals surface area contributed by atoms with Crippen LogP contribution in [0.15, 0.2) is 40.8 Å². The molecule has 6 heteroatoms. The third-order valence-electron chi connectivity index (χ3n) is 6.14. The number of piperazine rings is 1. The smallest absolute Gasteiger partial charge is 0.257 e. The van der Waals surface area contributed by atoms with Gasteiger partial charge in [0.1, 0.15) is 11.5 Å². The number of rotatable bonds is 2. The second-order valence-corrected chi connectivity index (χ2v) is 7.94. The molecule has 2 fully saturated rings. The molecule has 1 aromatic carbocycles. The van der Waals surface area contributed by atoms with Crippen LogP contribution in [0.5, 0.6) is 0 Å². The Morgan fingerprint density at radius 3 is 2.75 bits per heavy atom. The second kappa shape index (κ2) is 7.43. The topological polar surface area (TPSA) is 65.8 Å². The van der Waals surface area contributed by atoms with E-state index in [1.165, 1.54) is 0 Å². The van der Waals surface area contributed by atoms with Crippen molar-refractivity contribution in [1.29, 1.82) is 0 Å². The summed E-state index contributed by atoms with van der Waals surface area (Å²) >= 11 is 0. The first-order valence-corrected chi connectivity index (χ1v) is 9.92. The molecule has 0 saturated carbocycles. The van der Waals surface area contributed by atoms with Gasteiger partial charge in [0.2, 0.25) is 5.91 Å². The minimum atomic E-state index is -0.154. The lowest BCUT2D eigenvalue weighted by molar-refractivity contribution is -0.121. The second-order valence-electron chi connectivity index (χ2n) is 7.94. The maximum atomic E-state index is 13.5. The Morgan fingerprint density at radius 1 is 1.18 bits per heavy atom. The summed E-state index contributed by atoms with van der Waals surface area (Å²) in [5.41, 5.74) is 1.37. The van der Waals surface area contributed by atoms with Gasteiger partial charge in [0.15, 0.2) is 0 Å². The molecule has 2 aliphatic rings. The predicted molar refractivity (Wildman–Crippen MR) is 107 cm³/mol. The van der Waals surface area contributed by atoms with Gasteiger partial charge in [-0.1, -0.05) is 30.3 Å². The zero-order valence-electron chi connectivity index (χ0n) is 16.5. The van der Waals surface area contributed by atoms with Gasteiger partial charge in [-0.2, -0.15) is 0 Å². The molecule has 148 valence electrons. The van der Waals surface area contributed by atoms with E-state index >= 15 is 0 Å². The van der Waals surface area contributed by atoms with Crippen molar-refractivity contribution in [3.63, 3.8) is 0 Å². The van der Waals surface area contributed by atoms with E-state index in [9.17, 15) is 9.59 Å². The molecule has 1 aromatic heterocycles. The van der Waals surface area contributed by atoms with Crippen LogP contribution in [-0.4, -0.2) is 60.4 Å². The summed E-state index contributed by atoms with van der Waals surface area (Å²) in [6.07, 6.45) is 2.14. The van der Waals surface area contributed by atoms with E-state index in [0.717, 1.165) is 30.7 Å². The highest BCUT2D eigenvalue weighted by atomic mass is 16.3. The first kappa shape index (κ1) is 18.7. The predicted octanol–water partition coefficient (Wildman–Crippen LogP) is 2.68. The summed E-state index contributed by atoms with van der Waals surface area (Å²) in [6.45, 7) is 4.65. The maximum Gasteiger partial charge on any atom is 0.257 e. The zero-order valence-corrected chi connectivity index (χ0v) is 16.5. The quantitative estimate of drug-likeness (QED) is 0.869. The van der Waals surface area contributed by atoms with Crippen LogP contribution in [0, 0.1) is 6.92 Å². The number of carbonyl (C=O) groups is 2. The van der Waals surface area contributed by atoms with Crippen LogP contribution in [-0.2, 0) is 4.79 Å². The van der Waals surface area contributed by atoms with Gasteiger partial charge >= 0.3 is 0 Å². The van der Waals surface area contributed by atoms with Crippen LogP contribution in [0.3, 0.4) is 0 Å². The fourth-order valence-electron chi connectivity index (χ4n) is 4.42. The Kier molecular flexibility index (Phi) is 4.98. The van der Waals surface area contributed by atoms with Gasteiger partial charge < -0.3 is 14.6 Å². The standard InChI is InChI=1S/C22H27N3O3/c1-16-14-18(20(28-16)17-6-4-3-5-7-17)21(27)25-13-12-24(2)22(15-25)9-8-19(26)23-11-10-22/h3-7,14H,8-13,15H2,1-2H3,(H,23,26)/t22-/m1/s1. The number of furan rings is 1. The Hall–Kier alpha value is -2.60. The first-order valence-electron chi connectivity index (χ1n) is 9.92. The molecule has 1 atom stereocenters. The van der Waals surface area contributed by atoms with Crippen molar-refractivity contribution < 1.29 is 14.0 Å². The molecule has 0 aliphatic carbocycles. The summed E-state index contributed by atoms with van der Waals surface area (Å²) in [6, 6.07) is 11.6. The Bertz CT molecular complexity index is 876. The number of likely N-dealkylation sites (N-methyl/N-ethyl adjacent to an activating group) is 1. The SMILES string of the molecule is Cc1cc(C(=O)N2CCN(C)[C@]3(CCNC(=O)CC3)C2)c(-c2ccccc2)o1. The maximum absolute atomic E-state index is 13.5. The van der Waals surface area contributed by atoms with Crippen LogP contribution >= 0.6 is 0 Å². The monoisotopic (exact) mass is 381 g/mol. The Balaban J connectivity index is 1.61. The minimum absolute atomic E-state index is 0.00621. The zero-order chi connectivity index (χ0) is 19.7. The van der Waals surface area contributed by atoms with Gasteiger partial charge in [-0.05, 0) is 32.9 Å². The van der Waals surface area contributed by atoms with Crippen LogP contribution < -0.4 is 5.32 Å². The summed E-state index contributed by atoms with van der Waals surface area (Å²) in [5.74, 6) is 1.47.